The van der Waals surface area contributed by atoms with E-state index in [2.05, 4.69) is 0 Å². The fourth-order valence-corrected chi connectivity index (χ4v) is 2.03. The molecule has 0 saturated carbocycles. The molecule has 0 atom stereocenters. The number of fused-ring (bicyclic) bond motifs is 1. The first-order valence-electron chi connectivity index (χ1n) is 5.97. The molecule has 1 aliphatic rings. The summed E-state index contributed by atoms with van der Waals surface area (Å²) < 4.78 is 10.7. The first-order chi connectivity index (χ1) is 8.44. The van der Waals surface area contributed by atoms with E-state index < -0.39 is 11.6 Å². The van der Waals surface area contributed by atoms with Gasteiger partial charge in [0.2, 0.25) is 0 Å². The predicted molar refractivity (Wildman–Crippen MR) is 66.1 cm³/mol. The summed E-state index contributed by atoms with van der Waals surface area (Å²) >= 11 is 0. The van der Waals surface area contributed by atoms with Crippen LogP contribution in [0.3, 0.4) is 0 Å². The summed E-state index contributed by atoms with van der Waals surface area (Å²) in [7, 11) is 0. The summed E-state index contributed by atoms with van der Waals surface area (Å²) in [5, 5.41) is 0. The van der Waals surface area contributed by atoms with Crippen molar-refractivity contribution in [3.63, 3.8) is 0 Å². The molecule has 1 aromatic rings. The minimum absolute atomic E-state index is 0.00704. The number of ketones is 1. The number of ether oxygens (including phenoxy) is 2. The Kier molecular flexibility index (Phi) is 3.11. The Balaban J connectivity index is 2.49. The van der Waals surface area contributed by atoms with Crippen molar-refractivity contribution >= 4 is 11.8 Å². The van der Waals surface area contributed by atoms with Gasteiger partial charge >= 0.3 is 5.97 Å². The summed E-state index contributed by atoms with van der Waals surface area (Å²) in [5.74, 6) is -0.121. The van der Waals surface area contributed by atoms with E-state index in [0.717, 1.165) is 0 Å². The Morgan fingerprint density at radius 3 is 2.83 bits per heavy atom. The zero-order valence-electron chi connectivity index (χ0n) is 10.8. The van der Waals surface area contributed by atoms with Gasteiger partial charge in [-0.3, -0.25) is 4.79 Å². The first kappa shape index (κ1) is 12.6. The molecule has 0 aromatic heterocycles. The SMILES string of the molecule is CCOC(=O)c1cccc2c1OC(C)(C)CC2=O. The number of benzene rings is 1. The molecule has 0 unspecified atom stereocenters. The lowest BCUT2D eigenvalue weighted by molar-refractivity contribution is 0.0486. The molecule has 0 radical (unpaired) electrons. The highest BCUT2D eigenvalue weighted by molar-refractivity contribution is 6.04. The van der Waals surface area contributed by atoms with Crippen molar-refractivity contribution in [2.75, 3.05) is 6.61 Å². The van der Waals surface area contributed by atoms with Crippen LogP contribution in [-0.4, -0.2) is 24.0 Å². The monoisotopic (exact) mass is 248 g/mol. The van der Waals surface area contributed by atoms with Crippen LogP contribution in [-0.2, 0) is 4.74 Å². The van der Waals surface area contributed by atoms with Crippen LogP contribution in [0.1, 0.15) is 47.9 Å². The molecule has 0 N–H and O–H groups in total. The second-order valence-electron chi connectivity index (χ2n) is 4.86. The van der Waals surface area contributed by atoms with Crippen LogP contribution in [0.4, 0.5) is 0 Å². The molecular formula is C14H16O4. The Bertz CT molecular complexity index is 503. The van der Waals surface area contributed by atoms with E-state index >= 15 is 0 Å². The molecule has 4 heteroatoms. The summed E-state index contributed by atoms with van der Waals surface area (Å²) in [5.41, 5.74) is 0.183. The van der Waals surface area contributed by atoms with E-state index in [1.807, 2.05) is 13.8 Å². The number of rotatable bonds is 2. The van der Waals surface area contributed by atoms with E-state index in [4.69, 9.17) is 9.47 Å². The number of carbonyl (C=O) groups excluding carboxylic acids is 2. The molecule has 1 heterocycles. The molecule has 0 fully saturated rings. The second kappa shape index (κ2) is 4.44. The minimum Gasteiger partial charge on any atom is -0.486 e. The van der Waals surface area contributed by atoms with Crippen LogP contribution in [0.15, 0.2) is 18.2 Å². The van der Waals surface area contributed by atoms with Gasteiger partial charge in [-0.2, -0.15) is 0 Å². The van der Waals surface area contributed by atoms with Crippen LogP contribution in [0, 0.1) is 0 Å². The smallest absolute Gasteiger partial charge is 0.341 e. The summed E-state index contributed by atoms with van der Waals surface area (Å²) in [6, 6.07) is 4.96. The zero-order chi connectivity index (χ0) is 13.3. The molecule has 0 aliphatic carbocycles. The fraction of sp³-hybridized carbons (Fsp3) is 0.429. The third-order valence-corrected chi connectivity index (χ3v) is 2.78. The van der Waals surface area contributed by atoms with Crippen LogP contribution in [0.25, 0.3) is 0 Å². The number of Topliss-reactive ketones (excluding diaryl/α,β-unsaturated/α-hetero) is 1. The quantitative estimate of drug-likeness (QED) is 0.755. The number of hydrogen-bond acceptors (Lipinski definition) is 4. The number of hydrogen-bond donors (Lipinski definition) is 0. The fourth-order valence-electron chi connectivity index (χ4n) is 2.03. The maximum atomic E-state index is 12.0. The van der Waals surface area contributed by atoms with E-state index in [1.165, 1.54) is 0 Å². The molecule has 1 aromatic carbocycles. The van der Waals surface area contributed by atoms with Crippen molar-refractivity contribution in [2.24, 2.45) is 0 Å². The molecular weight excluding hydrogens is 232 g/mol. The van der Waals surface area contributed by atoms with E-state index in [9.17, 15) is 9.59 Å². The molecule has 0 bridgehead atoms. The van der Waals surface area contributed by atoms with Crippen LogP contribution in [0.5, 0.6) is 5.75 Å². The van der Waals surface area contributed by atoms with Crippen molar-refractivity contribution in [1.29, 1.82) is 0 Å². The molecule has 0 saturated heterocycles. The van der Waals surface area contributed by atoms with Gasteiger partial charge in [-0.15, -0.1) is 0 Å². The molecule has 18 heavy (non-hydrogen) atoms. The van der Waals surface area contributed by atoms with Gasteiger partial charge in [-0.05, 0) is 32.9 Å². The average Bonchev–Trinajstić information content (AvgIpc) is 2.27. The van der Waals surface area contributed by atoms with Crippen LogP contribution in [0.2, 0.25) is 0 Å². The zero-order valence-corrected chi connectivity index (χ0v) is 10.8. The Morgan fingerprint density at radius 1 is 1.44 bits per heavy atom. The van der Waals surface area contributed by atoms with Gasteiger partial charge in [0, 0.05) is 0 Å². The number of para-hydroxylation sites is 1. The van der Waals surface area contributed by atoms with E-state index in [1.54, 1.807) is 25.1 Å². The van der Waals surface area contributed by atoms with E-state index in [0.29, 0.717) is 29.9 Å². The molecule has 96 valence electrons. The van der Waals surface area contributed by atoms with Gasteiger partial charge in [-0.25, -0.2) is 4.79 Å². The van der Waals surface area contributed by atoms with E-state index in [-0.39, 0.29) is 5.78 Å². The normalized spacial score (nSPS) is 16.7. The highest BCUT2D eigenvalue weighted by Gasteiger charge is 2.35. The molecule has 1 aliphatic heterocycles. The summed E-state index contributed by atoms with van der Waals surface area (Å²) in [6.45, 7) is 5.69. The Labute approximate surface area is 106 Å². The minimum atomic E-state index is -0.591. The van der Waals surface area contributed by atoms with Gasteiger partial charge in [-0.1, -0.05) is 6.07 Å². The second-order valence-corrected chi connectivity index (χ2v) is 4.86. The highest BCUT2D eigenvalue weighted by Crippen LogP contribution is 2.36. The molecule has 0 spiro atoms. The maximum absolute atomic E-state index is 12.0. The van der Waals surface area contributed by atoms with Gasteiger partial charge in [0.15, 0.2) is 5.78 Å². The van der Waals surface area contributed by atoms with Crippen LogP contribution < -0.4 is 4.74 Å². The average molecular weight is 248 g/mol. The lowest BCUT2D eigenvalue weighted by Gasteiger charge is -2.32. The number of carbonyl (C=O) groups is 2. The third kappa shape index (κ3) is 2.23. The molecule has 4 nitrogen and oxygen atoms in total. The largest absolute Gasteiger partial charge is 0.486 e. The predicted octanol–water partition coefficient (Wildman–Crippen LogP) is 2.61. The lowest BCUT2D eigenvalue weighted by atomic mass is 9.91. The van der Waals surface area contributed by atoms with Crippen molar-refractivity contribution < 1.29 is 19.1 Å². The van der Waals surface area contributed by atoms with Crippen molar-refractivity contribution in [1.82, 2.24) is 0 Å². The topological polar surface area (TPSA) is 52.6 Å². The number of esters is 1. The van der Waals surface area contributed by atoms with Gasteiger partial charge in [0.25, 0.3) is 0 Å². The molecule has 0 amide bonds. The highest BCUT2D eigenvalue weighted by atomic mass is 16.5. The van der Waals surface area contributed by atoms with Crippen LogP contribution >= 0.6 is 0 Å². The summed E-state index contributed by atoms with van der Waals surface area (Å²) in [6.07, 6.45) is 0.312. The van der Waals surface area contributed by atoms with Gasteiger partial charge < -0.3 is 9.47 Å². The first-order valence-corrected chi connectivity index (χ1v) is 5.97. The Hall–Kier alpha value is -1.84. The Morgan fingerprint density at radius 2 is 2.17 bits per heavy atom. The summed E-state index contributed by atoms with van der Waals surface area (Å²) in [4.78, 5) is 23.8. The maximum Gasteiger partial charge on any atom is 0.341 e. The third-order valence-electron chi connectivity index (χ3n) is 2.78. The molecule has 2 rings (SSSR count). The standard InChI is InChI=1S/C14H16O4/c1-4-17-13(16)10-7-5-6-9-11(15)8-14(2,3)18-12(9)10/h5-7H,4,8H2,1-3H3. The van der Waals surface area contributed by atoms with Crippen molar-refractivity contribution in [3.05, 3.63) is 29.3 Å². The van der Waals surface area contributed by atoms with Crippen molar-refractivity contribution in [2.45, 2.75) is 32.8 Å². The van der Waals surface area contributed by atoms with Gasteiger partial charge in [0.1, 0.15) is 16.9 Å². The van der Waals surface area contributed by atoms with Gasteiger partial charge in [0.05, 0.1) is 18.6 Å². The lowest BCUT2D eigenvalue weighted by Crippen LogP contribution is -2.36. The van der Waals surface area contributed by atoms with Crippen molar-refractivity contribution in [3.8, 4) is 5.75 Å².